The molecule has 5 nitrogen and oxygen atoms in total. The van der Waals surface area contributed by atoms with Gasteiger partial charge in [0, 0.05) is 34.6 Å². The molecule has 0 fully saturated rings. The van der Waals surface area contributed by atoms with Crippen molar-refractivity contribution in [2.24, 2.45) is 9.98 Å². The fourth-order valence-electron chi connectivity index (χ4n) is 2.90. The highest BCUT2D eigenvalue weighted by Crippen LogP contribution is 2.25. The van der Waals surface area contributed by atoms with Crippen LogP contribution in [0.15, 0.2) is 58.5 Å². The predicted octanol–water partition coefficient (Wildman–Crippen LogP) is 5.59. The van der Waals surface area contributed by atoms with Crippen LogP contribution in [0.2, 0.25) is 0 Å². The summed E-state index contributed by atoms with van der Waals surface area (Å²) in [7, 11) is -0.638. The topological polar surface area (TPSA) is 60.2 Å². The number of alkyl halides is 6. The maximum absolute atomic E-state index is 13.3. The number of aliphatic imine (C=N–C) groups is 2. The number of hydrogen-bond donors (Lipinski definition) is 0. The average molecular weight is 535 g/mol. The number of hydrogen-bond acceptors (Lipinski definition) is 4. The first kappa shape index (κ1) is 29.0. The van der Waals surface area contributed by atoms with Crippen molar-refractivity contribution in [3.8, 4) is 11.5 Å². The highest BCUT2D eigenvalue weighted by molar-refractivity contribution is 7.82. The minimum Gasteiger partial charge on any atom is -0.493 e. The lowest BCUT2D eigenvalue weighted by Gasteiger charge is -2.12. The van der Waals surface area contributed by atoms with Gasteiger partial charge in [0.1, 0.15) is 22.7 Å². The molecule has 2 aromatic rings. The van der Waals surface area contributed by atoms with E-state index >= 15 is 0 Å². The van der Waals surface area contributed by atoms with Crippen molar-refractivity contribution in [1.82, 2.24) is 0 Å². The summed E-state index contributed by atoms with van der Waals surface area (Å²) in [5, 5.41) is 1.33. The molecule has 0 bridgehead atoms. The van der Waals surface area contributed by atoms with E-state index < -0.39 is 33.8 Å². The molecular weight excluding hydrogens is 510 g/mol. The van der Waals surface area contributed by atoms with Crippen LogP contribution in [-0.4, -0.2) is 59.1 Å². The molecule has 0 heterocycles. The number of ether oxygens (including phenoxy) is 2. The number of halogens is 6. The molecule has 0 amide bonds. The molecule has 0 aliphatic heterocycles. The summed E-state index contributed by atoms with van der Waals surface area (Å²) in [6.07, 6.45) is -8.44. The Hall–Kier alpha value is -3.28. The van der Waals surface area contributed by atoms with Crippen LogP contribution in [-0.2, 0) is 9.98 Å². The summed E-state index contributed by atoms with van der Waals surface area (Å²) in [4.78, 5) is 6.66. The Morgan fingerprint density at radius 3 is 1.67 bits per heavy atom. The van der Waals surface area contributed by atoms with Gasteiger partial charge in [-0.2, -0.15) is 26.3 Å². The van der Waals surface area contributed by atoms with E-state index in [1.54, 1.807) is 6.92 Å². The molecule has 2 rings (SSSR count). The van der Waals surface area contributed by atoms with Crippen LogP contribution >= 0.6 is 0 Å². The number of rotatable bonds is 10. The summed E-state index contributed by atoms with van der Waals surface area (Å²) in [5.41, 5.74) is -1.68. The lowest BCUT2D eigenvalue weighted by Crippen LogP contribution is -2.24. The molecule has 0 aromatic heterocycles. The highest BCUT2D eigenvalue weighted by atomic mass is 32.1. The van der Waals surface area contributed by atoms with E-state index in [-0.39, 0.29) is 24.3 Å². The third kappa shape index (κ3) is 9.06. The Kier molecular flexibility index (Phi) is 10.6. The SMILES string of the molecule is CCC=S(=O)=CN=C(c1ccc(OCCCOc2ccc(C(=NC)C(F)(F)F)cc2)cc1)C(F)(F)F. The third-order valence-electron chi connectivity index (χ3n) is 4.46. The molecule has 12 heteroatoms. The lowest BCUT2D eigenvalue weighted by molar-refractivity contribution is -0.0588. The van der Waals surface area contributed by atoms with Gasteiger partial charge in [-0.25, -0.2) is 9.20 Å². The second-order valence-electron chi connectivity index (χ2n) is 7.15. The average Bonchev–Trinajstić information content (AvgIpc) is 2.80. The molecule has 0 unspecified atom stereocenters. The van der Waals surface area contributed by atoms with Crippen molar-refractivity contribution in [2.75, 3.05) is 20.3 Å². The molecule has 0 atom stereocenters. The van der Waals surface area contributed by atoms with Gasteiger partial charge >= 0.3 is 12.4 Å². The van der Waals surface area contributed by atoms with Crippen molar-refractivity contribution in [1.29, 1.82) is 0 Å². The molecule has 0 saturated carbocycles. The van der Waals surface area contributed by atoms with Gasteiger partial charge in [-0.15, -0.1) is 0 Å². The monoisotopic (exact) mass is 534 g/mol. The zero-order valence-corrected chi connectivity index (χ0v) is 20.2. The lowest BCUT2D eigenvalue weighted by atomic mass is 10.1. The van der Waals surface area contributed by atoms with Crippen molar-refractivity contribution in [2.45, 2.75) is 32.1 Å². The zero-order valence-electron chi connectivity index (χ0n) is 19.4. The van der Waals surface area contributed by atoms with E-state index in [1.165, 1.54) is 53.9 Å². The van der Waals surface area contributed by atoms with Crippen LogP contribution in [0.4, 0.5) is 26.3 Å². The van der Waals surface area contributed by atoms with Gasteiger partial charge in [0.15, 0.2) is 5.71 Å². The summed E-state index contributed by atoms with van der Waals surface area (Å²) in [5.74, 6) is 0.698. The van der Waals surface area contributed by atoms with Gasteiger partial charge in [-0.3, -0.25) is 4.99 Å². The Labute approximate surface area is 206 Å². The van der Waals surface area contributed by atoms with E-state index in [0.29, 0.717) is 24.3 Å². The van der Waals surface area contributed by atoms with Crippen molar-refractivity contribution >= 4 is 32.3 Å². The first-order chi connectivity index (χ1) is 17.0. The second-order valence-corrected chi connectivity index (χ2v) is 8.35. The first-order valence-corrected chi connectivity index (χ1v) is 11.9. The largest absolute Gasteiger partial charge is 0.493 e. The Morgan fingerprint density at radius 1 is 0.833 bits per heavy atom. The van der Waals surface area contributed by atoms with Crippen molar-refractivity contribution < 1.29 is 40.0 Å². The summed E-state index contributed by atoms with van der Waals surface area (Å²) in [6, 6.07) is 10.5. The Bertz CT molecular complexity index is 1200. The van der Waals surface area contributed by atoms with Gasteiger partial charge < -0.3 is 9.47 Å². The zero-order chi connectivity index (χ0) is 26.8. The van der Waals surface area contributed by atoms with E-state index in [1.807, 2.05) is 0 Å². The van der Waals surface area contributed by atoms with E-state index in [9.17, 15) is 30.6 Å². The predicted molar refractivity (Wildman–Crippen MR) is 130 cm³/mol. The normalized spacial score (nSPS) is 12.8. The molecular formula is C24H24F6N2O3S. The first-order valence-electron chi connectivity index (χ1n) is 10.7. The van der Waals surface area contributed by atoms with Crippen LogP contribution in [0.25, 0.3) is 0 Å². The molecule has 0 saturated heterocycles. The molecule has 2 aromatic carbocycles. The Balaban J connectivity index is 1.90. The van der Waals surface area contributed by atoms with Crippen LogP contribution in [0.5, 0.6) is 11.5 Å². The standard InChI is InChI=1S/C24H24F6N2O3S/c1-3-15-36(33)16-32-22(24(28,29)30)18-7-11-20(12-8-18)35-14-4-13-34-19-9-5-17(6-10-19)21(31-2)23(25,26)27/h5-12,15-16H,3-4,13-14H2,1-2H3. The molecule has 0 spiro atoms. The fourth-order valence-corrected chi connectivity index (χ4v) is 3.52. The summed E-state index contributed by atoms with van der Waals surface area (Å²) in [6.45, 7) is 2.11. The van der Waals surface area contributed by atoms with Gasteiger partial charge in [0.25, 0.3) is 0 Å². The molecule has 0 aliphatic carbocycles. The minimum atomic E-state index is -4.73. The fraction of sp³-hybridized carbons (Fsp3) is 0.333. The van der Waals surface area contributed by atoms with Crippen LogP contribution in [0.1, 0.15) is 30.9 Å². The van der Waals surface area contributed by atoms with Gasteiger partial charge in [0.2, 0.25) is 0 Å². The minimum absolute atomic E-state index is 0.0756. The Morgan fingerprint density at radius 2 is 1.28 bits per heavy atom. The highest BCUT2D eigenvalue weighted by Gasteiger charge is 2.37. The number of nitrogens with zero attached hydrogens (tertiary/aromatic N) is 2. The van der Waals surface area contributed by atoms with Gasteiger partial charge in [-0.05, 0) is 60.3 Å². The van der Waals surface area contributed by atoms with Crippen molar-refractivity contribution in [3.05, 3.63) is 59.7 Å². The van der Waals surface area contributed by atoms with Crippen LogP contribution < -0.4 is 9.47 Å². The van der Waals surface area contributed by atoms with E-state index in [2.05, 4.69) is 9.98 Å². The van der Waals surface area contributed by atoms with E-state index in [4.69, 9.17) is 9.47 Å². The smallest absolute Gasteiger partial charge is 0.433 e. The second kappa shape index (κ2) is 13.1. The van der Waals surface area contributed by atoms with Crippen molar-refractivity contribution in [3.63, 3.8) is 0 Å². The van der Waals surface area contributed by atoms with Crippen LogP contribution in [0, 0.1) is 0 Å². The number of benzene rings is 2. The molecule has 196 valence electrons. The summed E-state index contributed by atoms with van der Waals surface area (Å²) >= 11 is 0. The maximum Gasteiger partial charge on any atom is 0.433 e. The molecule has 36 heavy (non-hydrogen) atoms. The molecule has 0 radical (unpaired) electrons. The molecule has 0 N–H and O–H groups in total. The third-order valence-corrected chi connectivity index (χ3v) is 5.43. The van der Waals surface area contributed by atoms with Crippen LogP contribution in [0.3, 0.4) is 0 Å². The van der Waals surface area contributed by atoms with Gasteiger partial charge in [0.05, 0.1) is 13.2 Å². The van der Waals surface area contributed by atoms with E-state index in [0.717, 1.165) is 12.5 Å². The quantitative estimate of drug-likeness (QED) is 0.173. The molecule has 0 aliphatic rings. The maximum atomic E-state index is 13.3. The summed E-state index contributed by atoms with van der Waals surface area (Å²) < 4.78 is 101. The van der Waals surface area contributed by atoms with Gasteiger partial charge in [-0.1, -0.05) is 6.92 Å².